The summed E-state index contributed by atoms with van der Waals surface area (Å²) >= 11 is 0. The molecule has 2 aromatic heterocycles. The molecular weight excluding hydrogens is 200 g/mol. The van der Waals surface area contributed by atoms with Gasteiger partial charge in [-0.25, -0.2) is 0 Å². The first-order valence-electron chi connectivity index (χ1n) is 5.27. The number of rotatable bonds is 3. The van der Waals surface area contributed by atoms with Gasteiger partial charge in [0.2, 0.25) is 0 Å². The van der Waals surface area contributed by atoms with Gasteiger partial charge in [-0.15, -0.1) is 0 Å². The Balaban J connectivity index is 2.31. The Morgan fingerprint density at radius 3 is 2.88 bits per heavy atom. The lowest BCUT2D eigenvalue weighted by atomic mass is 10.2. The maximum absolute atomic E-state index is 8.72. The van der Waals surface area contributed by atoms with Gasteiger partial charge in [0.05, 0.1) is 25.3 Å². The average Bonchev–Trinajstić information content (AvgIpc) is 2.84. The van der Waals surface area contributed by atoms with Crippen molar-refractivity contribution in [1.29, 1.82) is 5.26 Å². The van der Waals surface area contributed by atoms with Gasteiger partial charge in [-0.3, -0.25) is 0 Å². The highest BCUT2D eigenvalue weighted by molar-refractivity contribution is 5.29. The molecule has 0 radical (unpaired) electrons. The fourth-order valence-corrected chi connectivity index (χ4v) is 1.94. The molecule has 0 unspecified atom stereocenters. The van der Waals surface area contributed by atoms with Crippen molar-refractivity contribution in [3.8, 4) is 6.07 Å². The fourth-order valence-electron chi connectivity index (χ4n) is 1.94. The lowest BCUT2D eigenvalue weighted by Crippen LogP contribution is -2.03. The summed E-state index contributed by atoms with van der Waals surface area (Å²) in [6.45, 7) is 4.83. The van der Waals surface area contributed by atoms with E-state index < -0.39 is 0 Å². The molecule has 2 aromatic rings. The van der Waals surface area contributed by atoms with E-state index >= 15 is 0 Å². The number of aromatic nitrogens is 1. The van der Waals surface area contributed by atoms with Crippen LogP contribution in [0.4, 0.5) is 0 Å². The van der Waals surface area contributed by atoms with Crippen molar-refractivity contribution in [3.63, 3.8) is 0 Å². The Bertz CT molecular complexity index is 515. The number of nitrogens with zero attached hydrogens (tertiary/aromatic N) is 2. The Kier molecular flexibility index (Phi) is 2.82. The highest BCUT2D eigenvalue weighted by Crippen LogP contribution is 2.17. The predicted octanol–water partition coefficient (Wildman–Crippen LogP) is 2.81. The molecule has 0 aliphatic carbocycles. The molecule has 0 spiro atoms. The summed E-state index contributed by atoms with van der Waals surface area (Å²) in [6.07, 6.45) is 2.15. The smallest absolute Gasteiger partial charge is 0.123 e. The van der Waals surface area contributed by atoms with E-state index in [9.17, 15) is 0 Å². The summed E-state index contributed by atoms with van der Waals surface area (Å²) in [7, 11) is 0. The summed E-state index contributed by atoms with van der Waals surface area (Å²) in [6, 6.07) is 8.11. The van der Waals surface area contributed by atoms with E-state index in [1.54, 1.807) is 6.26 Å². The lowest BCUT2D eigenvalue weighted by molar-refractivity contribution is 0.489. The van der Waals surface area contributed by atoms with Gasteiger partial charge in [0.25, 0.3) is 0 Å². The fraction of sp³-hybridized carbons (Fsp3) is 0.308. The zero-order chi connectivity index (χ0) is 11.5. The van der Waals surface area contributed by atoms with Gasteiger partial charge in [-0.1, -0.05) is 0 Å². The summed E-state index contributed by atoms with van der Waals surface area (Å²) in [5.74, 6) is 0.935. The lowest BCUT2D eigenvalue weighted by Gasteiger charge is -2.07. The first-order chi connectivity index (χ1) is 7.72. The second-order valence-electron chi connectivity index (χ2n) is 3.90. The molecule has 82 valence electrons. The standard InChI is InChI=1S/C13H14N2O/c1-10-8-12(5-6-14)11(2)15(10)9-13-4-3-7-16-13/h3-4,7-8H,5,9H2,1-2H3. The summed E-state index contributed by atoms with van der Waals surface area (Å²) in [5.41, 5.74) is 3.42. The van der Waals surface area contributed by atoms with Gasteiger partial charge in [0.1, 0.15) is 5.76 Å². The SMILES string of the molecule is Cc1cc(CC#N)c(C)n1Cc1ccco1. The zero-order valence-corrected chi connectivity index (χ0v) is 9.53. The quantitative estimate of drug-likeness (QED) is 0.788. The molecule has 0 aliphatic rings. The van der Waals surface area contributed by atoms with E-state index in [0.717, 1.165) is 23.6 Å². The van der Waals surface area contributed by atoms with Crippen LogP contribution in [0.25, 0.3) is 0 Å². The minimum Gasteiger partial charge on any atom is -0.467 e. The first kappa shape index (κ1) is 10.6. The van der Waals surface area contributed by atoms with E-state index in [4.69, 9.17) is 9.68 Å². The third kappa shape index (κ3) is 1.87. The Morgan fingerprint density at radius 2 is 2.25 bits per heavy atom. The van der Waals surface area contributed by atoms with Crippen molar-refractivity contribution in [2.75, 3.05) is 0 Å². The minimum absolute atomic E-state index is 0.470. The molecule has 3 nitrogen and oxygen atoms in total. The van der Waals surface area contributed by atoms with E-state index in [1.165, 1.54) is 5.69 Å². The normalized spacial score (nSPS) is 10.3. The van der Waals surface area contributed by atoms with E-state index in [2.05, 4.69) is 23.6 Å². The second kappa shape index (κ2) is 4.28. The number of furan rings is 1. The van der Waals surface area contributed by atoms with Crippen LogP contribution in [0.1, 0.15) is 22.7 Å². The highest BCUT2D eigenvalue weighted by atomic mass is 16.3. The number of hydrogen-bond acceptors (Lipinski definition) is 2. The van der Waals surface area contributed by atoms with Crippen LogP contribution in [0, 0.1) is 25.2 Å². The molecule has 0 aromatic carbocycles. The van der Waals surface area contributed by atoms with Crippen molar-refractivity contribution in [2.24, 2.45) is 0 Å². The van der Waals surface area contributed by atoms with Crippen LogP contribution in [0.15, 0.2) is 28.9 Å². The molecule has 0 amide bonds. The van der Waals surface area contributed by atoms with Crippen LogP contribution < -0.4 is 0 Å². The summed E-state index contributed by atoms with van der Waals surface area (Å²) < 4.78 is 7.50. The third-order valence-electron chi connectivity index (χ3n) is 2.84. The Hall–Kier alpha value is -1.95. The highest BCUT2D eigenvalue weighted by Gasteiger charge is 2.09. The topological polar surface area (TPSA) is 41.9 Å². The molecule has 2 heterocycles. The number of aryl methyl sites for hydroxylation is 1. The van der Waals surface area contributed by atoms with Crippen molar-refractivity contribution < 1.29 is 4.42 Å². The van der Waals surface area contributed by atoms with Crippen LogP contribution >= 0.6 is 0 Å². The second-order valence-corrected chi connectivity index (χ2v) is 3.90. The van der Waals surface area contributed by atoms with E-state index in [0.29, 0.717) is 6.42 Å². The van der Waals surface area contributed by atoms with Gasteiger partial charge in [0.15, 0.2) is 0 Å². The van der Waals surface area contributed by atoms with Crippen molar-refractivity contribution >= 4 is 0 Å². The molecule has 0 bridgehead atoms. The molecule has 0 fully saturated rings. The van der Waals surface area contributed by atoms with Gasteiger partial charge in [-0.05, 0) is 37.6 Å². The largest absolute Gasteiger partial charge is 0.467 e. The maximum atomic E-state index is 8.72. The maximum Gasteiger partial charge on any atom is 0.123 e. The molecule has 3 heteroatoms. The molecule has 16 heavy (non-hydrogen) atoms. The Morgan fingerprint density at radius 1 is 1.44 bits per heavy atom. The van der Waals surface area contributed by atoms with Gasteiger partial charge < -0.3 is 8.98 Å². The van der Waals surface area contributed by atoms with Crippen LogP contribution in [0.3, 0.4) is 0 Å². The van der Waals surface area contributed by atoms with Gasteiger partial charge in [0, 0.05) is 11.4 Å². The number of nitriles is 1. The van der Waals surface area contributed by atoms with Gasteiger partial charge in [-0.2, -0.15) is 5.26 Å². The molecule has 0 aliphatic heterocycles. The Labute approximate surface area is 94.9 Å². The van der Waals surface area contributed by atoms with E-state index in [-0.39, 0.29) is 0 Å². The van der Waals surface area contributed by atoms with Crippen molar-refractivity contribution in [1.82, 2.24) is 4.57 Å². The minimum atomic E-state index is 0.470. The summed E-state index contributed by atoms with van der Waals surface area (Å²) in [5, 5.41) is 8.72. The molecule has 0 N–H and O–H groups in total. The molecule has 0 saturated carbocycles. The third-order valence-corrected chi connectivity index (χ3v) is 2.84. The average molecular weight is 214 g/mol. The molecular formula is C13H14N2O. The first-order valence-corrected chi connectivity index (χ1v) is 5.27. The van der Waals surface area contributed by atoms with Crippen LogP contribution in [-0.4, -0.2) is 4.57 Å². The molecule has 2 rings (SSSR count). The van der Waals surface area contributed by atoms with Crippen molar-refractivity contribution in [3.05, 3.63) is 47.2 Å². The predicted molar refractivity (Wildman–Crippen MR) is 61.0 cm³/mol. The van der Waals surface area contributed by atoms with E-state index in [1.807, 2.05) is 19.1 Å². The monoisotopic (exact) mass is 214 g/mol. The van der Waals surface area contributed by atoms with Crippen LogP contribution in [0.2, 0.25) is 0 Å². The van der Waals surface area contributed by atoms with Gasteiger partial charge >= 0.3 is 0 Å². The summed E-state index contributed by atoms with van der Waals surface area (Å²) in [4.78, 5) is 0. The van der Waals surface area contributed by atoms with Crippen LogP contribution in [-0.2, 0) is 13.0 Å². The van der Waals surface area contributed by atoms with Crippen molar-refractivity contribution in [2.45, 2.75) is 26.8 Å². The molecule has 0 atom stereocenters. The van der Waals surface area contributed by atoms with Crippen LogP contribution in [0.5, 0.6) is 0 Å². The zero-order valence-electron chi connectivity index (χ0n) is 9.53. The molecule has 0 saturated heterocycles. The number of hydrogen-bond donors (Lipinski definition) is 0.